The quantitative estimate of drug-likeness (QED) is 0.482. The Labute approximate surface area is 149 Å². The van der Waals surface area contributed by atoms with E-state index in [4.69, 9.17) is 0 Å². The number of aliphatic hydroxyl groups is 1. The number of guanidine groups is 1. The molecule has 1 aromatic heterocycles. The van der Waals surface area contributed by atoms with Crippen LogP contribution < -0.4 is 10.6 Å². The molecule has 0 spiro atoms. The van der Waals surface area contributed by atoms with Crippen LogP contribution in [0.25, 0.3) is 10.9 Å². The second kappa shape index (κ2) is 8.39. The number of nitrogens with one attached hydrogen (secondary N) is 3. The third-order valence-corrected chi connectivity index (χ3v) is 5.14. The molecule has 1 aliphatic carbocycles. The van der Waals surface area contributed by atoms with E-state index in [0.29, 0.717) is 12.5 Å². The number of H-pyrrole nitrogens is 1. The molecular formula is C20H30N4O. The van der Waals surface area contributed by atoms with Crippen LogP contribution in [0.3, 0.4) is 0 Å². The fourth-order valence-corrected chi connectivity index (χ4v) is 3.74. The Morgan fingerprint density at radius 1 is 1.28 bits per heavy atom. The number of rotatable bonds is 6. The van der Waals surface area contributed by atoms with Gasteiger partial charge in [-0.05, 0) is 44.7 Å². The van der Waals surface area contributed by atoms with Gasteiger partial charge in [0.05, 0.1) is 6.10 Å². The van der Waals surface area contributed by atoms with Gasteiger partial charge in [0.1, 0.15) is 0 Å². The number of hydrogen-bond donors (Lipinski definition) is 4. The van der Waals surface area contributed by atoms with Crippen LogP contribution in [0.1, 0.15) is 37.4 Å². The highest BCUT2D eigenvalue weighted by Crippen LogP contribution is 2.25. The molecule has 1 fully saturated rings. The van der Waals surface area contributed by atoms with Crippen molar-refractivity contribution in [1.29, 1.82) is 0 Å². The largest absolute Gasteiger partial charge is 0.393 e. The number of hydrogen-bond acceptors (Lipinski definition) is 2. The van der Waals surface area contributed by atoms with E-state index >= 15 is 0 Å². The number of benzene rings is 1. The molecule has 4 N–H and O–H groups in total. The van der Waals surface area contributed by atoms with Crippen molar-refractivity contribution in [2.24, 2.45) is 10.9 Å². The summed E-state index contributed by atoms with van der Waals surface area (Å²) in [7, 11) is 0. The van der Waals surface area contributed by atoms with Crippen molar-refractivity contribution in [2.75, 3.05) is 19.6 Å². The van der Waals surface area contributed by atoms with Crippen LogP contribution in [0.5, 0.6) is 0 Å². The number of nitrogens with zero attached hydrogens (tertiary/aromatic N) is 1. The Hall–Kier alpha value is -2.01. The Balaban J connectivity index is 1.58. The average molecular weight is 342 g/mol. The number of aromatic amines is 1. The summed E-state index contributed by atoms with van der Waals surface area (Å²) in [5, 5.41) is 18.0. The zero-order valence-corrected chi connectivity index (χ0v) is 15.3. The maximum atomic E-state index is 9.95. The lowest BCUT2D eigenvalue weighted by Crippen LogP contribution is -2.39. The highest BCUT2D eigenvalue weighted by molar-refractivity contribution is 5.84. The van der Waals surface area contributed by atoms with Crippen LogP contribution in [0.2, 0.25) is 0 Å². The smallest absolute Gasteiger partial charge is 0.191 e. The van der Waals surface area contributed by atoms with Crippen molar-refractivity contribution in [2.45, 2.75) is 45.6 Å². The van der Waals surface area contributed by atoms with E-state index in [2.05, 4.69) is 58.7 Å². The molecule has 2 unspecified atom stereocenters. The molecule has 5 nitrogen and oxygen atoms in total. The highest BCUT2D eigenvalue weighted by atomic mass is 16.3. The summed E-state index contributed by atoms with van der Waals surface area (Å²) in [6.07, 6.45) is 3.89. The molecule has 1 aromatic carbocycles. The molecule has 1 saturated carbocycles. The lowest BCUT2D eigenvalue weighted by atomic mass is 10.1. The van der Waals surface area contributed by atoms with Crippen LogP contribution in [0.4, 0.5) is 0 Å². The first-order valence-electron chi connectivity index (χ1n) is 9.45. The molecule has 0 amide bonds. The van der Waals surface area contributed by atoms with Crippen molar-refractivity contribution in [3.63, 3.8) is 0 Å². The summed E-state index contributed by atoms with van der Waals surface area (Å²) < 4.78 is 0. The summed E-state index contributed by atoms with van der Waals surface area (Å²) in [5.74, 6) is 1.16. The topological polar surface area (TPSA) is 72.4 Å². The normalized spacial score (nSPS) is 21.0. The van der Waals surface area contributed by atoms with Crippen LogP contribution in [0, 0.1) is 12.8 Å². The Kier molecular flexibility index (Phi) is 5.97. The van der Waals surface area contributed by atoms with E-state index in [-0.39, 0.29) is 6.10 Å². The molecule has 1 aliphatic rings. The van der Waals surface area contributed by atoms with E-state index < -0.39 is 0 Å². The van der Waals surface area contributed by atoms with Gasteiger partial charge >= 0.3 is 0 Å². The average Bonchev–Trinajstić information content (AvgIpc) is 3.15. The van der Waals surface area contributed by atoms with Crippen LogP contribution >= 0.6 is 0 Å². The number of fused-ring (bicyclic) bond motifs is 1. The molecular weight excluding hydrogens is 312 g/mol. The summed E-state index contributed by atoms with van der Waals surface area (Å²) >= 11 is 0. The van der Waals surface area contributed by atoms with Gasteiger partial charge in [-0.1, -0.05) is 24.6 Å². The predicted octanol–water partition coefficient (Wildman–Crippen LogP) is 2.73. The standard InChI is InChI=1S/C20H30N4O/c1-3-21-20(23-13-15-7-6-10-19(15)25)22-12-11-16-14(2)24-18-9-5-4-8-17(16)18/h4-5,8-9,15,19,24-25H,3,6-7,10-13H2,1-2H3,(H2,21,22,23). The molecule has 0 aliphatic heterocycles. The zero-order valence-electron chi connectivity index (χ0n) is 15.3. The molecule has 2 aromatic rings. The van der Waals surface area contributed by atoms with Gasteiger partial charge in [-0.3, -0.25) is 4.99 Å². The van der Waals surface area contributed by atoms with Crippen molar-refractivity contribution < 1.29 is 5.11 Å². The van der Waals surface area contributed by atoms with Crippen molar-refractivity contribution in [1.82, 2.24) is 15.6 Å². The van der Waals surface area contributed by atoms with Gasteiger partial charge in [0.25, 0.3) is 0 Å². The van der Waals surface area contributed by atoms with Gasteiger partial charge in [-0.2, -0.15) is 0 Å². The fraction of sp³-hybridized carbons (Fsp3) is 0.550. The number of aliphatic imine (C=N–C) groups is 1. The van der Waals surface area contributed by atoms with Gasteiger partial charge in [0, 0.05) is 42.1 Å². The molecule has 0 radical (unpaired) electrons. The molecule has 3 rings (SSSR count). The monoisotopic (exact) mass is 342 g/mol. The minimum atomic E-state index is -0.180. The summed E-state index contributed by atoms with van der Waals surface area (Å²) in [4.78, 5) is 8.13. The molecule has 0 bridgehead atoms. The first kappa shape index (κ1) is 17.8. The Bertz CT molecular complexity index is 722. The predicted molar refractivity (Wildman–Crippen MR) is 104 cm³/mol. The molecule has 5 heteroatoms. The number of aliphatic hydroxyl groups excluding tert-OH is 1. The highest BCUT2D eigenvalue weighted by Gasteiger charge is 2.24. The first-order valence-corrected chi connectivity index (χ1v) is 9.45. The fourth-order valence-electron chi connectivity index (χ4n) is 3.74. The van der Waals surface area contributed by atoms with Crippen molar-refractivity contribution in [3.05, 3.63) is 35.5 Å². The maximum absolute atomic E-state index is 9.95. The van der Waals surface area contributed by atoms with Crippen LogP contribution in [-0.4, -0.2) is 41.8 Å². The number of para-hydroxylation sites is 1. The molecule has 2 atom stereocenters. The Morgan fingerprint density at radius 2 is 2.12 bits per heavy atom. The van der Waals surface area contributed by atoms with Crippen LogP contribution in [-0.2, 0) is 6.42 Å². The third kappa shape index (κ3) is 4.34. The number of aromatic nitrogens is 1. The summed E-state index contributed by atoms with van der Waals surface area (Å²) in [6, 6.07) is 8.45. The maximum Gasteiger partial charge on any atom is 0.191 e. The van der Waals surface area contributed by atoms with E-state index in [1.54, 1.807) is 0 Å². The van der Waals surface area contributed by atoms with Gasteiger partial charge in [0.2, 0.25) is 0 Å². The SMILES string of the molecule is CCNC(=NCC1CCCC1O)NCCc1c(C)[nH]c2ccccc12. The second-order valence-corrected chi connectivity index (χ2v) is 6.93. The molecule has 0 saturated heterocycles. The zero-order chi connectivity index (χ0) is 17.6. The third-order valence-electron chi connectivity index (χ3n) is 5.14. The second-order valence-electron chi connectivity index (χ2n) is 6.93. The lowest BCUT2D eigenvalue weighted by Gasteiger charge is -2.15. The molecule has 136 valence electrons. The minimum absolute atomic E-state index is 0.180. The van der Waals surface area contributed by atoms with Crippen LogP contribution in [0.15, 0.2) is 29.3 Å². The summed E-state index contributed by atoms with van der Waals surface area (Å²) in [5.41, 5.74) is 3.80. The Morgan fingerprint density at radius 3 is 2.88 bits per heavy atom. The van der Waals surface area contributed by atoms with Gasteiger partial charge < -0.3 is 20.7 Å². The van der Waals surface area contributed by atoms with E-state index in [0.717, 1.165) is 44.7 Å². The summed E-state index contributed by atoms with van der Waals surface area (Å²) in [6.45, 7) is 6.58. The van der Waals surface area contributed by atoms with Crippen molar-refractivity contribution in [3.8, 4) is 0 Å². The lowest BCUT2D eigenvalue weighted by molar-refractivity contribution is 0.136. The number of aryl methyl sites for hydroxylation is 1. The van der Waals surface area contributed by atoms with E-state index in [9.17, 15) is 5.11 Å². The van der Waals surface area contributed by atoms with Gasteiger partial charge in [-0.25, -0.2) is 0 Å². The van der Waals surface area contributed by atoms with Gasteiger partial charge in [0.15, 0.2) is 5.96 Å². The van der Waals surface area contributed by atoms with E-state index in [1.807, 2.05) is 0 Å². The molecule has 25 heavy (non-hydrogen) atoms. The van der Waals surface area contributed by atoms with Crippen molar-refractivity contribution >= 4 is 16.9 Å². The minimum Gasteiger partial charge on any atom is -0.393 e. The van der Waals surface area contributed by atoms with Gasteiger partial charge in [-0.15, -0.1) is 0 Å². The van der Waals surface area contributed by atoms with E-state index in [1.165, 1.54) is 22.2 Å². The molecule has 1 heterocycles. The first-order chi connectivity index (χ1) is 12.2.